The largest absolute Gasteiger partial charge is 0.449 e. The van der Waals surface area contributed by atoms with E-state index >= 15 is 0 Å². The van der Waals surface area contributed by atoms with E-state index in [1.807, 2.05) is 20.8 Å². The van der Waals surface area contributed by atoms with Crippen molar-refractivity contribution in [3.8, 4) is 0 Å². The van der Waals surface area contributed by atoms with Gasteiger partial charge in [0.2, 0.25) is 9.84 Å². The van der Waals surface area contributed by atoms with E-state index in [4.69, 9.17) is 16.3 Å². The Kier molecular flexibility index (Phi) is 9.12. The minimum Gasteiger partial charge on any atom is -0.449 e. The molecule has 3 rings (SSSR count). The number of carbonyl (C=O) groups is 2. The Morgan fingerprint density at radius 3 is 2.16 bits per heavy atom. The molecule has 196 valence electrons. The van der Waals surface area contributed by atoms with E-state index in [9.17, 15) is 23.1 Å². The number of benzene rings is 3. The molecule has 0 heterocycles. The number of halogens is 1. The normalized spacial score (nSPS) is 12.6. The molecule has 7 nitrogen and oxygen atoms in total. The smallest absolute Gasteiger partial charge is 0.410 e. The predicted octanol–water partition coefficient (Wildman–Crippen LogP) is 5.50. The lowest BCUT2D eigenvalue weighted by Crippen LogP contribution is -2.48. The average Bonchev–Trinajstić information content (AvgIpc) is 2.86. The van der Waals surface area contributed by atoms with Crippen molar-refractivity contribution in [2.45, 2.75) is 48.6 Å². The lowest BCUT2D eigenvalue weighted by atomic mass is 10.0. The molecule has 9 heteroatoms. The third-order valence-electron chi connectivity index (χ3n) is 5.80. The zero-order valence-corrected chi connectivity index (χ0v) is 22.5. The van der Waals surface area contributed by atoms with Crippen molar-refractivity contribution in [3.05, 3.63) is 94.5 Å². The molecule has 0 radical (unpaired) electrons. The molecule has 0 saturated carbocycles. The Labute approximate surface area is 222 Å². The van der Waals surface area contributed by atoms with E-state index < -0.39 is 27.6 Å². The third kappa shape index (κ3) is 7.41. The summed E-state index contributed by atoms with van der Waals surface area (Å²) in [6.45, 7) is 5.67. The summed E-state index contributed by atoms with van der Waals surface area (Å²) in [6, 6.07) is 18.9. The van der Waals surface area contributed by atoms with Crippen LogP contribution in [0.1, 0.15) is 48.4 Å². The maximum absolute atomic E-state index is 12.9. The second-order valence-electron chi connectivity index (χ2n) is 9.55. The summed E-state index contributed by atoms with van der Waals surface area (Å²) in [5.74, 6) is 0. The van der Waals surface area contributed by atoms with Gasteiger partial charge in [0, 0.05) is 22.5 Å². The number of hydrogen-bond donors (Lipinski definition) is 1. The van der Waals surface area contributed by atoms with Gasteiger partial charge >= 0.3 is 6.09 Å². The zero-order valence-electron chi connectivity index (χ0n) is 20.9. The van der Waals surface area contributed by atoms with E-state index in [1.165, 1.54) is 41.3 Å². The highest BCUT2D eigenvalue weighted by Gasteiger charge is 2.30. The second-order valence-corrected chi connectivity index (χ2v) is 11.9. The van der Waals surface area contributed by atoms with Gasteiger partial charge in [-0.15, -0.1) is 0 Å². The van der Waals surface area contributed by atoms with Crippen molar-refractivity contribution >= 4 is 33.8 Å². The number of rotatable bonds is 9. The van der Waals surface area contributed by atoms with Gasteiger partial charge in [-0.05, 0) is 68.3 Å². The first-order valence-corrected chi connectivity index (χ1v) is 13.5. The Balaban J connectivity index is 1.61. The molecule has 0 aromatic heterocycles. The molecular weight excluding hydrogens is 514 g/mol. The van der Waals surface area contributed by atoms with Gasteiger partial charge in [0.1, 0.15) is 6.29 Å². The van der Waals surface area contributed by atoms with E-state index in [1.54, 1.807) is 36.4 Å². The molecule has 3 aromatic carbocycles. The molecule has 1 N–H and O–H groups in total. The van der Waals surface area contributed by atoms with Crippen LogP contribution in [0.5, 0.6) is 0 Å². The molecule has 0 fully saturated rings. The van der Waals surface area contributed by atoms with Gasteiger partial charge in [-0.25, -0.2) is 13.2 Å². The van der Waals surface area contributed by atoms with Crippen molar-refractivity contribution in [2.75, 3.05) is 13.2 Å². The maximum atomic E-state index is 12.9. The van der Waals surface area contributed by atoms with Crippen molar-refractivity contribution < 1.29 is 27.9 Å². The van der Waals surface area contributed by atoms with Crippen molar-refractivity contribution in [1.82, 2.24) is 4.90 Å². The topological polar surface area (TPSA) is 101 Å². The molecule has 0 unspecified atom stereocenters. The predicted molar refractivity (Wildman–Crippen MR) is 142 cm³/mol. The first-order valence-electron chi connectivity index (χ1n) is 11.7. The van der Waals surface area contributed by atoms with Gasteiger partial charge in [0.25, 0.3) is 0 Å². The summed E-state index contributed by atoms with van der Waals surface area (Å²) in [5.41, 5.74) is 1.19. The number of amides is 1. The molecule has 0 aliphatic heterocycles. The third-order valence-corrected chi connectivity index (χ3v) is 7.82. The second kappa shape index (κ2) is 11.9. The fourth-order valence-electron chi connectivity index (χ4n) is 3.65. The molecule has 0 aliphatic carbocycles. The SMILES string of the molecule is CC(C)(C)N(C[C@H](O)c1cccc(Cl)c1)C(=O)OCCc1ccc(S(=O)(=O)c2ccc(C=O)cc2)cc1. The van der Waals surface area contributed by atoms with E-state index in [0.717, 1.165) is 5.56 Å². The van der Waals surface area contributed by atoms with Gasteiger partial charge in [-0.3, -0.25) is 4.79 Å². The summed E-state index contributed by atoms with van der Waals surface area (Å²) in [4.78, 5) is 25.4. The minimum atomic E-state index is -3.72. The van der Waals surface area contributed by atoms with Crippen LogP contribution in [0.3, 0.4) is 0 Å². The van der Waals surface area contributed by atoms with Gasteiger partial charge in [0.15, 0.2) is 0 Å². The molecule has 1 atom stereocenters. The van der Waals surface area contributed by atoms with Gasteiger partial charge in [-0.1, -0.05) is 48.0 Å². The molecular formula is C28H30ClNO6S. The summed E-state index contributed by atoms with van der Waals surface area (Å²) in [6.07, 6.45) is -0.462. The summed E-state index contributed by atoms with van der Waals surface area (Å²) in [5, 5.41) is 11.2. The van der Waals surface area contributed by atoms with Crippen LogP contribution in [0.15, 0.2) is 82.6 Å². The molecule has 1 amide bonds. The quantitative estimate of drug-likeness (QED) is 0.358. The molecule has 0 saturated heterocycles. The Bertz CT molecular complexity index is 1330. The van der Waals surface area contributed by atoms with Crippen molar-refractivity contribution in [3.63, 3.8) is 0 Å². The lowest BCUT2D eigenvalue weighted by molar-refractivity contribution is 0.0368. The first kappa shape index (κ1) is 28.4. The number of ether oxygens (including phenoxy) is 1. The fraction of sp³-hybridized carbons (Fsp3) is 0.286. The van der Waals surface area contributed by atoms with Crippen LogP contribution in [0.2, 0.25) is 5.02 Å². The number of β-amino-alcohol motifs (C(OH)–C–C–N with tert-alkyl or cyclic N) is 1. The Morgan fingerprint density at radius 2 is 1.62 bits per heavy atom. The van der Waals surface area contributed by atoms with Gasteiger partial charge in [-0.2, -0.15) is 0 Å². The molecule has 3 aromatic rings. The minimum absolute atomic E-state index is 0.0308. The lowest BCUT2D eigenvalue weighted by Gasteiger charge is -2.36. The van der Waals surface area contributed by atoms with Crippen molar-refractivity contribution in [2.24, 2.45) is 0 Å². The Morgan fingerprint density at radius 1 is 1.03 bits per heavy atom. The number of aliphatic hydroxyl groups excluding tert-OH is 1. The van der Waals surface area contributed by atoms with E-state index in [-0.39, 0.29) is 22.9 Å². The standard InChI is InChI=1S/C28H30ClNO6S/c1-28(2,3)30(18-26(32)22-5-4-6-23(29)17-22)27(33)36-16-15-20-7-11-24(12-8-20)37(34,35)25-13-9-21(19-31)10-14-25/h4-14,17,19,26,32H,15-16,18H2,1-3H3/t26-/m0/s1. The zero-order chi connectivity index (χ0) is 27.2. The van der Waals surface area contributed by atoms with Crippen LogP contribution in [-0.2, 0) is 21.0 Å². The number of aldehydes is 1. The van der Waals surface area contributed by atoms with Crippen LogP contribution in [0.25, 0.3) is 0 Å². The highest BCUT2D eigenvalue weighted by atomic mass is 35.5. The van der Waals surface area contributed by atoms with Crippen LogP contribution in [-0.4, -0.2) is 49.5 Å². The molecule has 0 aliphatic rings. The highest BCUT2D eigenvalue weighted by Crippen LogP contribution is 2.24. The average molecular weight is 544 g/mol. The first-order chi connectivity index (χ1) is 17.4. The number of sulfone groups is 1. The van der Waals surface area contributed by atoms with E-state index in [0.29, 0.717) is 28.9 Å². The van der Waals surface area contributed by atoms with Crippen LogP contribution < -0.4 is 0 Å². The molecule has 0 bridgehead atoms. The molecule has 0 spiro atoms. The maximum Gasteiger partial charge on any atom is 0.410 e. The fourth-order valence-corrected chi connectivity index (χ4v) is 5.11. The summed E-state index contributed by atoms with van der Waals surface area (Å²) in [7, 11) is -3.72. The number of hydrogen-bond acceptors (Lipinski definition) is 6. The summed E-state index contributed by atoms with van der Waals surface area (Å²) < 4.78 is 31.2. The van der Waals surface area contributed by atoms with Gasteiger partial charge < -0.3 is 14.7 Å². The van der Waals surface area contributed by atoms with Crippen LogP contribution in [0, 0.1) is 0 Å². The number of carbonyl (C=O) groups excluding carboxylic acids is 2. The van der Waals surface area contributed by atoms with Crippen molar-refractivity contribution in [1.29, 1.82) is 0 Å². The van der Waals surface area contributed by atoms with Gasteiger partial charge in [0.05, 0.1) is 29.0 Å². The number of nitrogens with zero attached hydrogens (tertiary/aromatic N) is 1. The monoisotopic (exact) mass is 543 g/mol. The van der Waals surface area contributed by atoms with Crippen LogP contribution >= 0.6 is 11.6 Å². The molecule has 37 heavy (non-hydrogen) atoms. The highest BCUT2D eigenvalue weighted by molar-refractivity contribution is 7.91. The van der Waals surface area contributed by atoms with E-state index in [2.05, 4.69) is 0 Å². The Hall–Kier alpha value is -3.20. The van der Waals surface area contributed by atoms with Crippen LogP contribution in [0.4, 0.5) is 4.79 Å². The number of aliphatic hydroxyl groups is 1. The summed E-state index contributed by atoms with van der Waals surface area (Å²) >= 11 is 6.02.